The summed E-state index contributed by atoms with van der Waals surface area (Å²) in [7, 11) is -0.948. The normalized spacial score (nSPS) is 16.5. The summed E-state index contributed by atoms with van der Waals surface area (Å²) in [4.78, 5) is 11.7. The molecule has 1 heterocycles. The van der Waals surface area contributed by atoms with Crippen molar-refractivity contribution in [3.05, 3.63) is 23.8 Å². The van der Waals surface area contributed by atoms with Gasteiger partial charge in [-0.05, 0) is 12.1 Å². The molecular formula is C13H18N2O5S. The number of nitrogens with zero attached hydrogens (tertiary/aromatic N) is 1. The molecule has 0 radical (unpaired) electrons. The molecule has 1 aromatic rings. The number of esters is 1. The van der Waals surface area contributed by atoms with E-state index in [0.29, 0.717) is 26.2 Å². The van der Waals surface area contributed by atoms with E-state index >= 15 is 0 Å². The molecule has 1 fully saturated rings. The highest BCUT2D eigenvalue weighted by atomic mass is 32.2. The molecule has 116 valence electrons. The maximum Gasteiger partial charge on any atom is 0.341 e. The molecule has 0 atom stereocenters. The Balaban J connectivity index is 2.38. The SMILES string of the molecule is COC(=O)c1ccc(S(=O)(=O)N2CCNCC2)cc1OC. The van der Waals surface area contributed by atoms with Crippen LogP contribution in [0.5, 0.6) is 5.75 Å². The lowest BCUT2D eigenvalue weighted by atomic mass is 10.2. The van der Waals surface area contributed by atoms with Gasteiger partial charge < -0.3 is 14.8 Å². The summed E-state index contributed by atoms with van der Waals surface area (Å²) in [6, 6.07) is 4.15. The first-order valence-electron chi connectivity index (χ1n) is 6.48. The second kappa shape index (κ2) is 6.42. The Morgan fingerprint density at radius 3 is 2.48 bits per heavy atom. The number of carbonyl (C=O) groups is 1. The number of nitrogens with one attached hydrogen (secondary N) is 1. The summed E-state index contributed by atoms with van der Waals surface area (Å²) in [5.41, 5.74) is 0.194. The monoisotopic (exact) mass is 314 g/mol. The van der Waals surface area contributed by atoms with Crippen LogP contribution in [0, 0.1) is 0 Å². The molecule has 0 saturated carbocycles. The average molecular weight is 314 g/mol. The predicted molar refractivity (Wildman–Crippen MR) is 76.0 cm³/mol. The Morgan fingerprint density at radius 1 is 1.24 bits per heavy atom. The fourth-order valence-electron chi connectivity index (χ4n) is 2.14. The molecule has 1 aromatic carbocycles. The summed E-state index contributed by atoms with van der Waals surface area (Å²) in [5, 5.41) is 3.10. The standard InChI is InChI=1S/C13H18N2O5S/c1-19-12-9-10(3-4-11(12)13(16)20-2)21(17,18)15-7-5-14-6-8-15/h3-4,9,14H,5-8H2,1-2H3. The van der Waals surface area contributed by atoms with Gasteiger partial charge in [0.05, 0.1) is 19.1 Å². The molecular weight excluding hydrogens is 296 g/mol. The fourth-order valence-corrected chi connectivity index (χ4v) is 3.60. The van der Waals surface area contributed by atoms with Crippen LogP contribution in [0.15, 0.2) is 23.1 Å². The molecule has 21 heavy (non-hydrogen) atoms. The Morgan fingerprint density at radius 2 is 1.90 bits per heavy atom. The highest BCUT2D eigenvalue weighted by Crippen LogP contribution is 2.25. The summed E-state index contributed by atoms with van der Waals surface area (Å²) >= 11 is 0. The van der Waals surface area contributed by atoms with Gasteiger partial charge in [0.25, 0.3) is 0 Å². The van der Waals surface area contributed by atoms with Gasteiger partial charge >= 0.3 is 5.97 Å². The topological polar surface area (TPSA) is 84.9 Å². The van der Waals surface area contributed by atoms with Crippen LogP contribution in [0.25, 0.3) is 0 Å². The van der Waals surface area contributed by atoms with E-state index in [1.807, 2.05) is 0 Å². The van der Waals surface area contributed by atoms with Crippen molar-refractivity contribution in [3.8, 4) is 5.75 Å². The van der Waals surface area contributed by atoms with E-state index in [2.05, 4.69) is 10.1 Å². The van der Waals surface area contributed by atoms with Gasteiger partial charge in [-0.3, -0.25) is 0 Å². The van der Waals surface area contributed by atoms with Crippen LogP contribution >= 0.6 is 0 Å². The molecule has 1 aliphatic rings. The van der Waals surface area contributed by atoms with Crippen LogP contribution in [0.2, 0.25) is 0 Å². The molecule has 1 aliphatic heterocycles. The fraction of sp³-hybridized carbons (Fsp3) is 0.462. The predicted octanol–water partition coefficient (Wildman–Crippen LogP) is 0.0757. The van der Waals surface area contributed by atoms with Crippen molar-refractivity contribution < 1.29 is 22.7 Å². The van der Waals surface area contributed by atoms with Gasteiger partial charge in [0.15, 0.2) is 0 Å². The number of piperazine rings is 1. The molecule has 0 unspecified atom stereocenters. The minimum absolute atomic E-state index is 0.105. The quantitative estimate of drug-likeness (QED) is 0.792. The molecule has 8 heteroatoms. The van der Waals surface area contributed by atoms with E-state index in [4.69, 9.17) is 4.74 Å². The molecule has 7 nitrogen and oxygen atoms in total. The first kappa shape index (κ1) is 15.7. The van der Waals surface area contributed by atoms with Crippen molar-refractivity contribution in [2.24, 2.45) is 0 Å². The van der Waals surface area contributed by atoms with Crippen LogP contribution in [-0.4, -0.2) is 59.1 Å². The first-order valence-corrected chi connectivity index (χ1v) is 7.92. The first-order chi connectivity index (χ1) is 10.0. The molecule has 0 amide bonds. The van der Waals surface area contributed by atoms with Crippen LogP contribution in [0.3, 0.4) is 0 Å². The number of methoxy groups -OCH3 is 2. The van der Waals surface area contributed by atoms with E-state index in [1.165, 1.54) is 36.7 Å². The highest BCUT2D eigenvalue weighted by molar-refractivity contribution is 7.89. The largest absolute Gasteiger partial charge is 0.496 e. The zero-order valence-electron chi connectivity index (χ0n) is 12.0. The van der Waals surface area contributed by atoms with Crippen LogP contribution < -0.4 is 10.1 Å². The Hall–Kier alpha value is -1.64. The lowest BCUT2D eigenvalue weighted by Gasteiger charge is -2.26. The van der Waals surface area contributed by atoms with E-state index < -0.39 is 16.0 Å². The molecule has 1 saturated heterocycles. The number of ether oxygens (including phenoxy) is 2. The van der Waals surface area contributed by atoms with E-state index in [9.17, 15) is 13.2 Å². The van der Waals surface area contributed by atoms with E-state index in [-0.39, 0.29) is 16.2 Å². The molecule has 0 aromatic heterocycles. The average Bonchev–Trinajstić information content (AvgIpc) is 2.54. The molecule has 0 spiro atoms. The number of rotatable bonds is 4. The Kier molecular flexibility index (Phi) is 4.81. The number of hydrogen-bond donors (Lipinski definition) is 1. The third-order valence-electron chi connectivity index (χ3n) is 3.29. The van der Waals surface area contributed by atoms with Crippen LogP contribution in [0.1, 0.15) is 10.4 Å². The summed E-state index contributed by atoms with van der Waals surface area (Å²) in [6.07, 6.45) is 0. The lowest BCUT2D eigenvalue weighted by molar-refractivity contribution is 0.0597. The molecule has 1 N–H and O–H groups in total. The summed E-state index contributed by atoms with van der Waals surface area (Å²) in [5.74, 6) is -0.393. The van der Waals surface area contributed by atoms with Gasteiger partial charge in [0.2, 0.25) is 10.0 Å². The zero-order chi connectivity index (χ0) is 15.5. The summed E-state index contributed by atoms with van der Waals surface area (Å²) in [6.45, 7) is 2.08. The smallest absolute Gasteiger partial charge is 0.341 e. The van der Waals surface area contributed by atoms with Gasteiger partial charge in [0.1, 0.15) is 11.3 Å². The van der Waals surface area contributed by atoms with Gasteiger partial charge in [-0.2, -0.15) is 4.31 Å². The Labute approximate surface area is 123 Å². The maximum absolute atomic E-state index is 12.5. The Bertz CT molecular complexity index is 623. The van der Waals surface area contributed by atoms with Crippen molar-refractivity contribution in [1.29, 1.82) is 0 Å². The second-order valence-electron chi connectivity index (χ2n) is 4.51. The molecule has 0 bridgehead atoms. The number of carbonyl (C=O) groups excluding carboxylic acids is 1. The third-order valence-corrected chi connectivity index (χ3v) is 5.19. The number of sulfonamides is 1. The molecule has 2 rings (SSSR count). The second-order valence-corrected chi connectivity index (χ2v) is 6.45. The van der Waals surface area contributed by atoms with Gasteiger partial charge in [-0.25, -0.2) is 13.2 Å². The summed E-state index contributed by atoms with van der Waals surface area (Å²) < 4.78 is 36.2. The van der Waals surface area contributed by atoms with Crippen molar-refractivity contribution >= 4 is 16.0 Å². The van der Waals surface area contributed by atoms with Crippen molar-refractivity contribution in [2.75, 3.05) is 40.4 Å². The van der Waals surface area contributed by atoms with E-state index in [1.54, 1.807) is 0 Å². The van der Waals surface area contributed by atoms with Crippen LogP contribution in [0.4, 0.5) is 0 Å². The minimum atomic E-state index is -3.58. The number of hydrogen-bond acceptors (Lipinski definition) is 6. The lowest BCUT2D eigenvalue weighted by Crippen LogP contribution is -2.46. The van der Waals surface area contributed by atoms with Crippen LogP contribution in [-0.2, 0) is 14.8 Å². The number of benzene rings is 1. The van der Waals surface area contributed by atoms with Gasteiger partial charge in [0, 0.05) is 32.2 Å². The van der Waals surface area contributed by atoms with Gasteiger partial charge in [-0.15, -0.1) is 0 Å². The maximum atomic E-state index is 12.5. The third kappa shape index (κ3) is 3.17. The van der Waals surface area contributed by atoms with Crippen molar-refractivity contribution in [2.45, 2.75) is 4.90 Å². The zero-order valence-corrected chi connectivity index (χ0v) is 12.8. The van der Waals surface area contributed by atoms with Crippen molar-refractivity contribution in [3.63, 3.8) is 0 Å². The van der Waals surface area contributed by atoms with Crippen molar-refractivity contribution in [1.82, 2.24) is 9.62 Å². The van der Waals surface area contributed by atoms with Gasteiger partial charge in [-0.1, -0.05) is 0 Å². The van der Waals surface area contributed by atoms with E-state index in [0.717, 1.165) is 0 Å². The molecule has 0 aliphatic carbocycles. The minimum Gasteiger partial charge on any atom is -0.496 e. The highest BCUT2D eigenvalue weighted by Gasteiger charge is 2.27.